The molecule has 0 bridgehead atoms. The van der Waals surface area contributed by atoms with Gasteiger partial charge < -0.3 is 31.2 Å². The zero-order chi connectivity index (χ0) is 25.1. The van der Waals surface area contributed by atoms with Gasteiger partial charge in [0.25, 0.3) is 0 Å². The van der Waals surface area contributed by atoms with Crippen LogP contribution in [0.1, 0.15) is 66.2 Å². The summed E-state index contributed by atoms with van der Waals surface area (Å²) < 4.78 is 10.8. The van der Waals surface area contributed by atoms with E-state index in [0.717, 1.165) is 6.54 Å². The predicted molar refractivity (Wildman–Crippen MR) is 126 cm³/mol. The quantitative estimate of drug-likeness (QED) is 0.179. The van der Waals surface area contributed by atoms with Gasteiger partial charge >= 0.3 is 0 Å². The second-order valence-corrected chi connectivity index (χ2v) is 8.57. The van der Waals surface area contributed by atoms with Gasteiger partial charge in [-0.3, -0.25) is 19.2 Å². The summed E-state index contributed by atoms with van der Waals surface area (Å²) in [4.78, 5) is 46.9. The van der Waals surface area contributed by atoms with Crippen molar-refractivity contribution in [2.24, 2.45) is 11.7 Å². The maximum atomic E-state index is 12.0. The molecule has 0 fully saturated rings. The van der Waals surface area contributed by atoms with Crippen LogP contribution in [-0.4, -0.2) is 75.1 Å². The molecule has 0 radical (unpaired) electrons. The van der Waals surface area contributed by atoms with Crippen molar-refractivity contribution >= 4 is 23.5 Å². The van der Waals surface area contributed by atoms with Crippen LogP contribution in [0.5, 0.6) is 0 Å². The fourth-order valence-corrected chi connectivity index (χ4v) is 2.77. The Morgan fingerprint density at radius 3 is 2.06 bits per heavy atom. The van der Waals surface area contributed by atoms with E-state index < -0.39 is 11.9 Å². The molecule has 0 unspecified atom stereocenters. The summed E-state index contributed by atoms with van der Waals surface area (Å²) in [7, 11) is 0. The third kappa shape index (κ3) is 19.2. The Labute approximate surface area is 198 Å². The van der Waals surface area contributed by atoms with Gasteiger partial charge in [0.05, 0.1) is 26.4 Å². The first-order valence-electron chi connectivity index (χ1n) is 11.9. The highest BCUT2D eigenvalue weighted by Crippen LogP contribution is 2.03. The number of nitrogens with one attached hydrogen (secondary N) is 3. The Balaban J connectivity index is 3.84. The summed E-state index contributed by atoms with van der Waals surface area (Å²) in [5, 5.41) is 8.63. The summed E-state index contributed by atoms with van der Waals surface area (Å²) in [5.74, 6) is -1.06. The molecular weight excluding hydrogens is 428 g/mol. The number of rotatable bonds is 21. The number of ether oxygens (including phenoxy) is 2. The second-order valence-electron chi connectivity index (χ2n) is 8.57. The molecular formula is C23H44N4O6. The van der Waals surface area contributed by atoms with Crippen LogP contribution in [0.3, 0.4) is 0 Å². The van der Waals surface area contributed by atoms with Gasteiger partial charge in [-0.05, 0) is 19.3 Å². The molecule has 0 saturated heterocycles. The van der Waals surface area contributed by atoms with E-state index in [-0.39, 0.29) is 49.4 Å². The summed E-state index contributed by atoms with van der Waals surface area (Å²) in [5.41, 5.74) is 5.38. The van der Waals surface area contributed by atoms with Gasteiger partial charge in [0, 0.05) is 44.3 Å². The highest BCUT2D eigenvalue weighted by atomic mass is 16.5. The summed E-state index contributed by atoms with van der Waals surface area (Å²) >= 11 is 0. The fourth-order valence-electron chi connectivity index (χ4n) is 2.77. The maximum absolute atomic E-state index is 12.0. The van der Waals surface area contributed by atoms with E-state index in [4.69, 9.17) is 15.2 Å². The minimum Gasteiger partial charge on any atom is -0.379 e. The standard InChI is InChI=1S/C23H44N4O6/c1-17(2)20(28)8-9-21(29)26-11-6-5-7-19(23(24)31)27-22(30)10-13-32-15-16-33-14-12-25-18(3)4/h17-19,25H,5-16H2,1-4H3,(H2,24,31)(H,26,29)(H,27,30)/t19-/m0/s1. The molecule has 10 heteroatoms. The van der Waals surface area contributed by atoms with E-state index in [1.54, 1.807) is 0 Å². The lowest BCUT2D eigenvalue weighted by molar-refractivity contribution is -0.128. The van der Waals surface area contributed by atoms with Crippen molar-refractivity contribution in [1.82, 2.24) is 16.0 Å². The van der Waals surface area contributed by atoms with Gasteiger partial charge in [0.1, 0.15) is 11.8 Å². The molecule has 0 aromatic carbocycles. The number of nitrogens with two attached hydrogens (primary N) is 1. The lowest BCUT2D eigenvalue weighted by Gasteiger charge is -2.15. The van der Waals surface area contributed by atoms with Gasteiger partial charge in [0.15, 0.2) is 0 Å². The SMILES string of the molecule is CC(C)NCCOCCOCCC(=O)N[C@@H](CCCCNC(=O)CCC(=O)C(C)C)C(N)=O. The molecule has 0 spiro atoms. The van der Waals surface area contributed by atoms with Gasteiger partial charge in [-0.15, -0.1) is 0 Å². The van der Waals surface area contributed by atoms with Crippen LogP contribution in [0.15, 0.2) is 0 Å². The first-order chi connectivity index (χ1) is 15.6. The van der Waals surface area contributed by atoms with Crippen LogP contribution in [0.25, 0.3) is 0 Å². The summed E-state index contributed by atoms with van der Waals surface area (Å²) in [6.45, 7) is 10.7. The number of carbonyl (C=O) groups excluding carboxylic acids is 4. The average molecular weight is 473 g/mol. The summed E-state index contributed by atoms with van der Waals surface area (Å²) in [6, 6.07) is -0.334. The number of ketones is 1. The smallest absolute Gasteiger partial charge is 0.239 e. The van der Waals surface area contributed by atoms with E-state index in [1.165, 1.54) is 0 Å². The molecule has 5 N–H and O–H groups in total. The largest absolute Gasteiger partial charge is 0.379 e. The van der Waals surface area contributed by atoms with Crippen molar-refractivity contribution in [1.29, 1.82) is 0 Å². The van der Waals surface area contributed by atoms with E-state index in [2.05, 4.69) is 29.8 Å². The molecule has 33 heavy (non-hydrogen) atoms. The number of amides is 3. The Bertz CT molecular complexity index is 583. The molecule has 0 rings (SSSR count). The van der Waals surface area contributed by atoms with Gasteiger partial charge in [-0.1, -0.05) is 27.7 Å². The number of primary amides is 1. The zero-order valence-electron chi connectivity index (χ0n) is 20.7. The van der Waals surface area contributed by atoms with Crippen LogP contribution < -0.4 is 21.7 Å². The van der Waals surface area contributed by atoms with Crippen LogP contribution >= 0.6 is 0 Å². The van der Waals surface area contributed by atoms with Crippen molar-refractivity contribution < 1.29 is 28.7 Å². The number of Topliss-reactive ketones (excluding diaryl/α,β-unsaturated/α-hetero) is 1. The molecule has 0 aliphatic carbocycles. The molecule has 192 valence electrons. The minimum atomic E-state index is -0.756. The van der Waals surface area contributed by atoms with Gasteiger partial charge in [-0.25, -0.2) is 0 Å². The molecule has 1 atom stereocenters. The third-order valence-corrected chi connectivity index (χ3v) is 4.81. The average Bonchev–Trinajstić information content (AvgIpc) is 2.74. The molecule has 0 heterocycles. The van der Waals surface area contributed by atoms with Crippen molar-refractivity contribution in [3.8, 4) is 0 Å². The van der Waals surface area contributed by atoms with Gasteiger partial charge in [0.2, 0.25) is 17.7 Å². The Morgan fingerprint density at radius 1 is 0.788 bits per heavy atom. The first-order valence-corrected chi connectivity index (χ1v) is 11.9. The van der Waals surface area contributed by atoms with Crippen LogP contribution in [0.4, 0.5) is 0 Å². The minimum absolute atomic E-state index is 0.0681. The number of hydrogen-bond donors (Lipinski definition) is 4. The molecule has 0 saturated carbocycles. The lowest BCUT2D eigenvalue weighted by atomic mass is 10.0. The molecule has 0 aromatic heterocycles. The van der Waals surface area contributed by atoms with Crippen molar-refractivity contribution in [2.45, 2.75) is 78.3 Å². The highest BCUT2D eigenvalue weighted by molar-refractivity contribution is 5.86. The molecule has 0 aliphatic heterocycles. The molecule has 0 aromatic rings. The monoisotopic (exact) mass is 472 g/mol. The first kappa shape index (κ1) is 31.0. The van der Waals surface area contributed by atoms with E-state index in [0.29, 0.717) is 51.7 Å². The molecule has 10 nitrogen and oxygen atoms in total. The Hall–Kier alpha value is -2.04. The van der Waals surface area contributed by atoms with Crippen molar-refractivity contribution in [3.05, 3.63) is 0 Å². The van der Waals surface area contributed by atoms with Crippen LogP contribution in [0, 0.1) is 5.92 Å². The number of carbonyl (C=O) groups is 4. The van der Waals surface area contributed by atoms with Crippen molar-refractivity contribution in [3.63, 3.8) is 0 Å². The van der Waals surface area contributed by atoms with E-state index in [9.17, 15) is 19.2 Å². The topological polar surface area (TPSA) is 149 Å². The normalized spacial score (nSPS) is 12.1. The fraction of sp³-hybridized carbons (Fsp3) is 0.826. The zero-order valence-corrected chi connectivity index (χ0v) is 20.7. The van der Waals surface area contributed by atoms with Crippen LogP contribution in [0.2, 0.25) is 0 Å². The second kappa shape index (κ2) is 19.4. The lowest BCUT2D eigenvalue weighted by Crippen LogP contribution is -2.44. The van der Waals surface area contributed by atoms with Crippen molar-refractivity contribution in [2.75, 3.05) is 39.5 Å². The Kier molecular flexibility index (Phi) is 18.2. The number of unbranched alkanes of at least 4 members (excludes halogenated alkanes) is 1. The number of hydrogen-bond acceptors (Lipinski definition) is 7. The highest BCUT2D eigenvalue weighted by Gasteiger charge is 2.17. The van der Waals surface area contributed by atoms with Gasteiger partial charge in [-0.2, -0.15) is 0 Å². The van der Waals surface area contributed by atoms with E-state index in [1.807, 2.05) is 13.8 Å². The maximum Gasteiger partial charge on any atom is 0.239 e. The van der Waals surface area contributed by atoms with Crippen LogP contribution in [-0.2, 0) is 28.7 Å². The molecule has 0 aliphatic rings. The predicted octanol–water partition coefficient (Wildman–Crippen LogP) is 0.670. The third-order valence-electron chi connectivity index (χ3n) is 4.81. The molecule has 3 amide bonds. The Morgan fingerprint density at radius 2 is 1.45 bits per heavy atom. The summed E-state index contributed by atoms with van der Waals surface area (Å²) in [6.07, 6.45) is 2.19. The van der Waals surface area contributed by atoms with E-state index >= 15 is 0 Å².